The molecule has 1 aliphatic rings. The minimum absolute atomic E-state index is 0.0882. The van der Waals surface area contributed by atoms with Crippen LogP contribution in [-0.2, 0) is 21.3 Å². The number of hydrogen-bond donors (Lipinski definition) is 2. The lowest BCUT2D eigenvalue weighted by Gasteiger charge is -2.23. The molecule has 0 unspecified atom stereocenters. The van der Waals surface area contributed by atoms with Crippen LogP contribution in [-0.4, -0.2) is 49.6 Å². The number of fused-ring (bicyclic) bond motifs is 1. The van der Waals surface area contributed by atoms with Crippen molar-refractivity contribution in [3.8, 4) is 28.6 Å². The number of aryl methyl sites for hydroxylation is 1. The second-order valence-corrected chi connectivity index (χ2v) is 13.2. The molecule has 1 saturated heterocycles. The summed E-state index contributed by atoms with van der Waals surface area (Å²) in [6.45, 7) is 3.74. The molecule has 11 heteroatoms. The zero-order chi connectivity index (χ0) is 31.4. The van der Waals surface area contributed by atoms with Crippen molar-refractivity contribution in [2.75, 3.05) is 25.5 Å². The van der Waals surface area contributed by atoms with Gasteiger partial charge < -0.3 is 20.1 Å². The van der Waals surface area contributed by atoms with E-state index < -0.39 is 21.4 Å². The van der Waals surface area contributed by atoms with Gasteiger partial charge in [-0.05, 0) is 85.3 Å². The lowest BCUT2D eigenvalue weighted by atomic mass is 10.0. The van der Waals surface area contributed by atoms with Crippen LogP contribution in [0.4, 0.5) is 10.3 Å². The van der Waals surface area contributed by atoms with E-state index in [1.54, 1.807) is 67.0 Å². The molecular weight excluding hydrogens is 593 g/mol. The average Bonchev–Trinajstić information content (AvgIpc) is 3.04. The van der Waals surface area contributed by atoms with Gasteiger partial charge in [0.15, 0.2) is 9.84 Å². The zero-order valence-corrected chi connectivity index (χ0v) is 25.9. The van der Waals surface area contributed by atoms with Crippen molar-refractivity contribution >= 4 is 26.6 Å². The fourth-order valence-corrected chi connectivity index (χ4v) is 7.11. The lowest BCUT2D eigenvalue weighted by molar-refractivity contribution is 0.414. The second kappa shape index (κ2) is 13.2. The van der Waals surface area contributed by atoms with Crippen LogP contribution in [0.2, 0.25) is 0 Å². The van der Waals surface area contributed by atoms with Gasteiger partial charge in [-0.2, -0.15) is 0 Å². The maximum atomic E-state index is 15.3. The van der Waals surface area contributed by atoms with E-state index in [0.29, 0.717) is 50.9 Å². The Labute approximate surface area is 261 Å². The number of nitrogens with zero attached hydrogens (tertiary/aromatic N) is 3. The minimum atomic E-state index is -3.74. The van der Waals surface area contributed by atoms with Crippen molar-refractivity contribution in [3.05, 3.63) is 102 Å². The van der Waals surface area contributed by atoms with Gasteiger partial charge in [0.25, 0.3) is 0 Å². The van der Waals surface area contributed by atoms with E-state index in [1.165, 1.54) is 13.2 Å². The van der Waals surface area contributed by atoms with Crippen molar-refractivity contribution < 1.29 is 22.3 Å². The normalized spacial score (nSPS) is 15.1. The number of sulfone groups is 1. The molecule has 6 rings (SSSR count). The summed E-state index contributed by atoms with van der Waals surface area (Å²) in [7, 11) is -2.22. The number of ether oxygens (including phenoxy) is 2. The van der Waals surface area contributed by atoms with Crippen molar-refractivity contribution in [2.45, 2.75) is 37.3 Å². The molecule has 3 heterocycles. The smallest absolute Gasteiger partial charge is 0.228 e. The van der Waals surface area contributed by atoms with Gasteiger partial charge in [-0.3, -0.25) is 0 Å². The predicted molar refractivity (Wildman–Crippen MR) is 173 cm³/mol. The SMILES string of the molecule is COc1cccc(CS(=O)(=O)Cc2c(F)ccc3c(Oc4ncccc4-c4ccnc(N[C@H]5CCCNC5)n4)c(C)ccc23)c1. The van der Waals surface area contributed by atoms with Crippen LogP contribution in [0.25, 0.3) is 22.0 Å². The number of pyridine rings is 1. The average molecular weight is 628 g/mol. The first kappa shape index (κ1) is 30.4. The molecule has 3 aromatic carbocycles. The molecule has 0 bridgehead atoms. The first-order valence-corrected chi connectivity index (χ1v) is 16.6. The number of piperidine rings is 1. The van der Waals surface area contributed by atoms with Crippen LogP contribution >= 0.6 is 0 Å². The molecule has 232 valence electrons. The Bertz CT molecular complexity index is 1950. The number of rotatable bonds is 10. The topological polar surface area (TPSA) is 115 Å². The summed E-state index contributed by atoms with van der Waals surface area (Å²) in [6.07, 6.45) is 5.45. The molecule has 1 fully saturated rings. The number of hydrogen-bond acceptors (Lipinski definition) is 9. The summed E-state index contributed by atoms with van der Waals surface area (Å²) in [6, 6.07) is 19.0. The third-order valence-electron chi connectivity index (χ3n) is 7.82. The van der Waals surface area contributed by atoms with Gasteiger partial charge in [-0.25, -0.2) is 27.8 Å². The summed E-state index contributed by atoms with van der Waals surface area (Å²) in [5.74, 6) is 0.526. The Hall–Kier alpha value is -4.61. The largest absolute Gasteiger partial charge is 0.497 e. The van der Waals surface area contributed by atoms with Crippen LogP contribution in [0.3, 0.4) is 0 Å². The number of aromatic nitrogens is 3. The zero-order valence-electron chi connectivity index (χ0n) is 25.1. The van der Waals surface area contributed by atoms with E-state index in [1.807, 2.05) is 13.0 Å². The molecule has 45 heavy (non-hydrogen) atoms. The Balaban J connectivity index is 1.32. The molecule has 5 aromatic rings. The highest BCUT2D eigenvalue weighted by atomic mass is 32.2. The quantitative estimate of drug-likeness (QED) is 0.186. The summed E-state index contributed by atoms with van der Waals surface area (Å²) < 4.78 is 53.6. The molecule has 0 spiro atoms. The highest BCUT2D eigenvalue weighted by molar-refractivity contribution is 7.89. The maximum absolute atomic E-state index is 15.3. The third-order valence-corrected chi connectivity index (χ3v) is 9.32. The van der Waals surface area contributed by atoms with E-state index in [2.05, 4.69) is 20.6 Å². The first-order valence-electron chi connectivity index (χ1n) is 14.8. The van der Waals surface area contributed by atoms with Gasteiger partial charge in [-0.1, -0.05) is 24.3 Å². The van der Waals surface area contributed by atoms with Crippen molar-refractivity contribution in [2.24, 2.45) is 0 Å². The summed E-state index contributed by atoms with van der Waals surface area (Å²) >= 11 is 0. The standard InChI is InChI=1S/C34H34FN5O4S/c1-22-10-11-26-27(12-13-30(35)29(26)21-45(41,42)20-23-6-3-8-25(18-23)43-2)32(22)44-33-28(9-5-16-37-33)31-14-17-38-34(40-31)39-24-7-4-15-36-19-24/h3,5-6,8-14,16-18,24,36H,4,7,15,19-21H2,1-2H3,(H,38,39,40)/t24-/m0/s1. The predicted octanol–water partition coefficient (Wildman–Crippen LogP) is 6.22. The van der Waals surface area contributed by atoms with Crippen molar-refractivity contribution in [3.63, 3.8) is 0 Å². The van der Waals surface area contributed by atoms with E-state index in [0.717, 1.165) is 31.5 Å². The minimum Gasteiger partial charge on any atom is -0.497 e. The van der Waals surface area contributed by atoms with E-state index in [9.17, 15) is 8.42 Å². The molecule has 2 aromatic heterocycles. The molecule has 1 atom stereocenters. The highest BCUT2D eigenvalue weighted by Crippen LogP contribution is 2.38. The van der Waals surface area contributed by atoms with Crippen molar-refractivity contribution in [1.29, 1.82) is 0 Å². The first-order chi connectivity index (χ1) is 21.8. The number of anilines is 1. The van der Waals surface area contributed by atoms with Crippen LogP contribution in [0.1, 0.15) is 29.5 Å². The Morgan fingerprint density at radius 2 is 1.87 bits per heavy atom. The van der Waals surface area contributed by atoms with Crippen LogP contribution < -0.4 is 20.1 Å². The lowest BCUT2D eigenvalue weighted by Crippen LogP contribution is -2.38. The van der Waals surface area contributed by atoms with Crippen LogP contribution in [0, 0.1) is 12.7 Å². The molecule has 2 N–H and O–H groups in total. The Morgan fingerprint density at radius 1 is 1.00 bits per heavy atom. The number of methoxy groups -OCH3 is 1. The van der Waals surface area contributed by atoms with Gasteiger partial charge in [0.05, 0.1) is 29.9 Å². The molecule has 1 aliphatic heterocycles. The molecule has 0 radical (unpaired) electrons. The second-order valence-electron chi connectivity index (χ2n) is 11.1. The summed E-state index contributed by atoms with van der Waals surface area (Å²) in [5, 5.41) is 7.82. The molecule has 0 aliphatic carbocycles. The van der Waals surface area contributed by atoms with E-state index >= 15 is 4.39 Å². The number of nitrogens with one attached hydrogen (secondary N) is 2. The maximum Gasteiger partial charge on any atom is 0.228 e. The third kappa shape index (κ3) is 7.05. The molecule has 0 saturated carbocycles. The van der Waals surface area contributed by atoms with E-state index in [-0.39, 0.29) is 17.4 Å². The van der Waals surface area contributed by atoms with Gasteiger partial charge in [0, 0.05) is 35.9 Å². The highest BCUT2D eigenvalue weighted by Gasteiger charge is 2.22. The fraction of sp³-hybridized carbons (Fsp3) is 0.265. The summed E-state index contributed by atoms with van der Waals surface area (Å²) in [5.41, 5.74) is 2.73. The van der Waals surface area contributed by atoms with E-state index in [4.69, 9.17) is 14.5 Å². The summed E-state index contributed by atoms with van der Waals surface area (Å²) in [4.78, 5) is 13.7. The van der Waals surface area contributed by atoms with Gasteiger partial charge in [0.1, 0.15) is 17.3 Å². The molecule has 9 nitrogen and oxygen atoms in total. The fourth-order valence-electron chi connectivity index (χ4n) is 5.59. The van der Waals surface area contributed by atoms with Gasteiger partial charge >= 0.3 is 0 Å². The van der Waals surface area contributed by atoms with Gasteiger partial charge in [-0.15, -0.1) is 0 Å². The Kier molecular flexibility index (Phi) is 8.90. The van der Waals surface area contributed by atoms with Crippen molar-refractivity contribution in [1.82, 2.24) is 20.3 Å². The number of benzene rings is 3. The number of halogens is 1. The Morgan fingerprint density at radius 3 is 2.69 bits per heavy atom. The van der Waals surface area contributed by atoms with Crippen LogP contribution in [0.15, 0.2) is 79.1 Å². The monoisotopic (exact) mass is 627 g/mol. The van der Waals surface area contributed by atoms with Gasteiger partial charge in [0.2, 0.25) is 11.8 Å². The van der Waals surface area contributed by atoms with Crippen LogP contribution in [0.5, 0.6) is 17.4 Å². The molecular formula is C34H34FN5O4S. The molecule has 0 amide bonds.